The summed E-state index contributed by atoms with van der Waals surface area (Å²) >= 11 is 0. The average Bonchev–Trinajstić information content (AvgIpc) is 2.48. The number of amides is 1. The Morgan fingerprint density at radius 3 is 2.50 bits per heavy atom. The highest BCUT2D eigenvalue weighted by atomic mass is 16.2. The number of para-hydroxylation sites is 1. The molecule has 0 radical (unpaired) electrons. The van der Waals surface area contributed by atoms with Crippen LogP contribution in [0.5, 0.6) is 0 Å². The van der Waals surface area contributed by atoms with Gasteiger partial charge in [-0.1, -0.05) is 42.0 Å². The van der Waals surface area contributed by atoms with Gasteiger partial charge < -0.3 is 11.1 Å². The number of carbonyl (C=O) groups excluding carboxylic acids is 1. The Bertz CT molecular complexity index is 656. The van der Waals surface area contributed by atoms with Crippen LogP contribution in [0.3, 0.4) is 0 Å². The van der Waals surface area contributed by atoms with Crippen molar-refractivity contribution in [2.45, 2.75) is 13.0 Å². The summed E-state index contributed by atoms with van der Waals surface area (Å²) in [6.45, 7) is 1.97. The van der Waals surface area contributed by atoms with Gasteiger partial charge in [-0.05, 0) is 24.6 Å². The zero-order chi connectivity index (χ0) is 14.5. The van der Waals surface area contributed by atoms with Gasteiger partial charge in [0.05, 0.1) is 11.3 Å². The van der Waals surface area contributed by atoms with Crippen molar-refractivity contribution in [3.05, 3.63) is 65.2 Å². The number of aryl methyl sites for hydroxylation is 1. The molecule has 20 heavy (non-hydrogen) atoms. The number of anilines is 1. The van der Waals surface area contributed by atoms with Crippen molar-refractivity contribution in [3.63, 3.8) is 0 Å². The second kappa shape index (κ2) is 6.00. The number of nitriles is 1. The number of rotatable bonds is 3. The van der Waals surface area contributed by atoms with Crippen LogP contribution in [-0.4, -0.2) is 5.91 Å². The predicted molar refractivity (Wildman–Crippen MR) is 77.9 cm³/mol. The lowest BCUT2D eigenvalue weighted by Gasteiger charge is -2.13. The third-order valence-corrected chi connectivity index (χ3v) is 3.02. The standard InChI is InChI=1S/C16H15N3O/c1-11-6-8-12(9-7-11)15(18)16(20)19-14-5-3-2-4-13(14)10-17/h2-9,15H,18H2,1H3,(H,19,20). The average molecular weight is 265 g/mol. The molecule has 2 aromatic rings. The van der Waals surface area contributed by atoms with E-state index in [0.717, 1.165) is 11.1 Å². The highest BCUT2D eigenvalue weighted by molar-refractivity contribution is 5.96. The van der Waals surface area contributed by atoms with Crippen molar-refractivity contribution in [2.24, 2.45) is 5.73 Å². The van der Waals surface area contributed by atoms with E-state index in [2.05, 4.69) is 5.32 Å². The van der Waals surface area contributed by atoms with Gasteiger partial charge in [-0.2, -0.15) is 5.26 Å². The normalized spacial score (nSPS) is 11.4. The minimum absolute atomic E-state index is 0.337. The Labute approximate surface area is 117 Å². The zero-order valence-electron chi connectivity index (χ0n) is 11.1. The molecule has 2 aromatic carbocycles. The maximum absolute atomic E-state index is 12.1. The smallest absolute Gasteiger partial charge is 0.245 e. The molecule has 0 heterocycles. The molecule has 1 atom stereocenters. The van der Waals surface area contributed by atoms with Crippen molar-refractivity contribution in [3.8, 4) is 6.07 Å². The van der Waals surface area contributed by atoms with Crippen LogP contribution >= 0.6 is 0 Å². The number of benzene rings is 2. The summed E-state index contributed by atoms with van der Waals surface area (Å²) in [4.78, 5) is 12.1. The van der Waals surface area contributed by atoms with E-state index in [1.807, 2.05) is 37.3 Å². The van der Waals surface area contributed by atoms with Crippen molar-refractivity contribution in [1.29, 1.82) is 5.26 Å². The number of nitrogens with one attached hydrogen (secondary N) is 1. The zero-order valence-corrected chi connectivity index (χ0v) is 11.1. The predicted octanol–water partition coefficient (Wildman–Crippen LogP) is 2.51. The number of nitrogens with zero attached hydrogens (tertiary/aromatic N) is 1. The fourth-order valence-electron chi connectivity index (χ4n) is 1.83. The van der Waals surface area contributed by atoms with Crippen LogP contribution in [0, 0.1) is 18.3 Å². The number of nitrogens with two attached hydrogens (primary N) is 1. The third kappa shape index (κ3) is 3.02. The molecule has 4 heteroatoms. The molecule has 3 N–H and O–H groups in total. The molecular weight excluding hydrogens is 250 g/mol. The summed E-state index contributed by atoms with van der Waals surface area (Å²) in [5.74, 6) is -0.337. The number of hydrogen-bond donors (Lipinski definition) is 2. The minimum Gasteiger partial charge on any atom is -0.323 e. The Morgan fingerprint density at radius 2 is 1.85 bits per heavy atom. The SMILES string of the molecule is Cc1ccc(C(N)C(=O)Nc2ccccc2C#N)cc1. The van der Waals surface area contributed by atoms with Gasteiger partial charge in [-0.25, -0.2) is 0 Å². The molecule has 1 unspecified atom stereocenters. The van der Waals surface area contributed by atoms with Gasteiger partial charge in [0.15, 0.2) is 0 Å². The Kier molecular flexibility index (Phi) is 4.14. The molecule has 1 amide bonds. The maximum atomic E-state index is 12.1. The molecule has 0 aliphatic rings. The molecular formula is C16H15N3O. The molecule has 0 saturated heterocycles. The minimum atomic E-state index is -0.762. The highest BCUT2D eigenvalue weighted by Gasteiger charge is 2.16. The first-order valence-electron chi connectivity index (χ1n) is 6.24. The maximum Gasteiger partial charge on any atom is 0.245 e. The molecule has 2 rings (SSSR count). The van der Waals surface area contributed by atoms with Gasteiger partial charge in [-0.3, -0.25) is 4.79 Å². The first-order chi connectivity index (χ1) is 9.61. The number of carbonyl (C=O) groups is 1. The van der Waals surface area contributed by atoms with Gasteiger partial charge in [0, 0.05) is 0 Å². The summed E-state index contributed by atoms with van der Waals surface area (Å²) in [6, 6.07) is 15.6. The highest BCUT2D eigenvalue weighted by Crippen LogP contribution is 2.17. The van der Waals surface area contributed by atoms with E-state index in [1.54, 1.807) is 24.3 Å². The Morgan fingerprint density at radius 1 is 1.20 bits per heavy atom. The molecule has 100 valence electrons. The molecule has 0 saturated carbocycles. The fraction of sp³-hybridized carbons (Fsp3) is 0.125. The van der Waals surface area contributed by atoms with Gasteiger partial charge in [0.2, 0.25) is 5.91 Å². The molecule has 0 fully saturated rings. The topological polar surface area (TPSA) is 78.9 Å². The van der Waals surface area contributed by atoms with Crippen molar-refractivity contribution < 1.29 is 4.79 Å². The second-order valence-corrected chi connectivity index (χ2v) is 4.53. The van der Waals surface area contributed by atoms with Gasteiger partial charge in [0.25, 0.3) is 0 Å². The second-order valence-electron chi connectivity index (χ2n) is 4.53. The van der Waals surface area contributed by atoms with Gasteiger partial charge in [-0.15, -0.1) is 0 Å². The Balaban J connectivity index is 2.16. The van der Waals surface area contributed by atoms with Crippen LogP contribution in [0.4, 0.5) is 5.69 Å². The fourth-order valence-corrected chi connectivity index (χ4v) is 1.83. The quantitative estimate of drug-likeness (QED) is 0.894. The van der Waals surface area contributed by atoms with E-state index in [9.17, 15) is 4.79 Å². The first kappa shape index (κ1) is 13.8. The van der Waals surface area contributed by atoms with E-state index in [4.69, 9.17) is 11.0 Å². The first-order valence-corrected chi connectivity index (χ1v) is 6.24. The van der Waals surface area contributed by atoms with Crippen LogP contribution in [0.15, 0.2) is 48.5 Å². The lowest BCUT2D eigenvalue weighted by atomic mass is 10.0. The summed E-state index contributed by atoms with van der Waals surface area (Å²) in [5, 5.41) is 11.7. The third-order valence-electron chi connectivity index (χ3n) is 3.02. The van der Waals surface area contributed by atoms with Crippen LogP contribution in [-0.2, 0) is 4.79 Å². The number of hydrogen-bond acceptors (Lipinski definition) is 3. The van der Waals surface area contributed by atoms with Crippen LogP contribution in [0.25, 0.3) is 0 Å². The summed E-state index contributed by atoms with van der Waals surface area (Å²) in [5.41, 5.74) is 8.67. The summed E-state index contributed by atoms with van der Waals surface area (Å²) < 4.78 is 0. The van der Waals surface area contributed by atoms with Crippen molar-refractivity contribution >= 4 is 11.6 Å². The largest absolute Gasteiger partial charge is 0.323 e. The molecule has 0 spiro atoms. The van der Waals surface area contributed by atoms with Gasteiger partial charge in [0.1, 0.15) is 12.1 Å². The molecule has 0 aromatic heterocycles. The van der Waals surface area contributed by atoms with Crippen LogP contribution in [0.1, 0.15) is 22.7 Å². The van der Waals surface area contributed by atoms with Crippen molar-refractivity contribution in [2.75, 3.05) is 5.32 Å². The lowest BCUT2D eigenvalue weighted by Crippen LogP contribution is -2.28. The molecule has 0 aliphatic carbocycles. The van der Waals surface area contributed by atoms with Crippen LogP contribution in [0.2, 0.25) is 0 Å². The van der Waals surface area contributed by atoms with E-state index in [1.165, 1.54) is 0 Å². The summed E-state index contributed by atoms with van der Waals surface area (Å²) in [6.07, 6.45) is 0. The molecule has 0 aliphatic heterocycles. The molecule has 4 nitrogen and oxygen atoms in total. The van der Waals surface area contributed by atoms with Crippen molar-refractivity contribution in [1.82, 2.24) is 0 Å². The van der Waals surface area contributed by atoms with E-state index in [0.29, 0.717) is 11.3 Å². The van der Waals surface area contributed by atoms with Gasteiger partial charge >= 0.3 is 0 Å². The van der Waals surface area contributed by atoms with E-state index in [-0.39, 0.29) is 5.91 Å². The summed E-state index contributed by atoms with van der Waals surface area (Å²) in [7, 11) is 0. The monoisotopic (exact) mass is 265 g/mol. The molecule has 0 bridgehead atoms. The van der Waals surface area contributed by atoms with Crippen LogP contribution < -0.4 is 11.1 Å². The Hall–Kier alpha value is -2.64. The lowest BCUT2D eigenvalue weighted by molar-refractivity contribution is -0.117. The van der Waals surface area contributed by atoms with E-state index < -0.39 is 6.04 Å². The van der Waals surface area contributed by atoms with E-state index >= 15 is 0 Å².